The summed E-state index contributed by atoms with van der Waals surface area (Å²) in [5.74, 6) is -2.90. The van der Waals surface area contributed by atoms with Crippen LogP contribution in [-0.4, -0.2) is 25.1 Å². The molecule has 1 rings (SSSR count). The van der Waals surface area contributed by atoms with Gasteiger partial charge in [-0.15, -0.1) is 0 Å². The van der Waals surface area contributed by atoms with Crippen molar-refractivity contribution in [1.82, 2.24) is 5.32 Å². The van der Waals surface area contributed by atoms with E-state index in [9.17, 15) is 13.6 Å². The molecule has 4 nitrogen and oxygen atoms in total. The van der Waals surface area contributed by atoms with Gasteiger partial charge in [0.15, 0.2) is 11.6 Å². The third-order valence-corrected chi connectivity index (χ3v) is 2.31. The number of primary amides is 1. The number of nitrogens with one attached hydrogen (secondary N) is 1. The predicted octanol–water partition coefficient (Wildman–Crippen LogP) is 1.20. The summed E-state index contributed by atoms with van der Waals surface area (Å²) in [6, 6.07) is 2.87. The normalized spacial score (nSPS) is 12.2. The molecule has 1 unspecified atom stereocenters. The average Bonchev–Trinajstić information content (AvgIpc) is 2.33. The van der Waals surface area contributed by atoms with Gasteiger partial charge in [0, 0.05) is 0 Å². The maximum absolute atomic E-state index is 13.3. The topological polar surface area (TPSA) is 64.3 Å². The number of nitrogens with two attached hydrogens (primary N) is 1. The minimum absolute atomic E-state index is 0.143. The first-order chi connectivity index (χ1) is 8.56. The third-order valence-electron chi connectivity index (χ3n) is 2.31. The molecule has 1 amide bonds. The van der Waals surface area contributed by atoms with Crippen LogP contribution in [-0.2, 0) is 4.79 Å². The first kappa shape index (κ1) is 14.4. The van der Waals surface area contributed by atoms with Crippen LogP contribution in [0.5, 0.6) is 5.75 Å². The van der Waals surface area contributed by atoms with E-state index < -0.39 is 23.6 Å². The fourth-order valence-corrected chi connectivity index (χ4v) is 1.33. The van der Waals surface area contributed by atoms with Gasteiger partial charge in [0.2, 0.25) is 11.7 Å². The van der Waals surface area contributed by atoms with Crippen LogP contribution >= 0.6 is 0 Å². The van der Waals surface area contributed by atoms with Crippen molar-refractivity contribution in [1.29, 1.82) is 0 Å². The summed E-state index contributed by atoms with van der Waals surface area (Å²) >= 11 is 0. The summed E-state index contributed by atoms with van der Waals surface area (Å²) in [6.45, 7) is 2.37. The molecule has 0 aliphatic heterocycles. The fraction of sp³-hybridized carbons (Fsp3) is 0.417. The van der Waals surface area contributed by atoms with Gasteiger partial charge in [-0.1, -0.05) is 13.0 Å². The van der Waals surface area contributed by atoms with E-state index in [1.165, 1.54) is 12.1 Å². The number of benzene rings is 1. The van der Waals surface area contributed by atoms with Crippen LogP contribution in [0.4, 0.5) is 8.78 Å². The molecule has 0 aromatic heterocycles. The maximum Gasteiger partial charge on any atom is 0.238 e. The third kappa shape index (κ3) is 3.96. The van der Waals surface area contributed by atoms with Crippen molar-refractivity contribution < 1.29 is 18.3 Å². The Hall–Kier alpha value is -1.69. The Bertz CT molecular complexity index is 413. The number of halogens is 2. The van der Waals surface area contributed by atoms with Crippen LogP contribution in [0.2, 0.25) is 0 Å². The SMILES string of the molecule is CCCNC(COc1cccc(F)c1F)C(N)=O. The van der Waals surface area contributed by atoms with E-state index in [1.54, 1.807) is 0 Å². The number of hydrogen-bond donors (Lipinski definition) is 2. The quantitative estimate of drug-likeness (QED) is 0.772. The number of ether oxygens (including phenoxy) is 1. The van der Waals surface area contributed by atoms with Crippen LogP contribution < -0.4 is 15.8 Å². The number of amides is 1. The van der Waals surface area contributed by atoms with E-state index in [2.05, 4.69) is 5.32 Å². The molecule has 1 aromatic carbocycles. The smallest absolute Gasteiger partial charge is 0.238 e. The lowest BCUT2D eigenvalue weighted by atomic mass is 10.2. The highest BCUT2D eigenvalue weighted by Crippen LogP contribution is 2.19. The minimum Gasteiger partial charge on any atom is -0.488 e. The van der Waals surface area contributed by atoms with Crippen LogP contribution in [0.3, 0.4) is 0 Å². The summed E-state index contributed by atoms with van der Waals surface area (Å²) in [6.07, 6.45) is 0.818. The lowest BCUT2D eigenvalue weighted by Crippen LogP contribution is -2.45. The van der Waals surface area contributed by atoms with Crippen LogP contribution in [0.1, 0.15) is 13.3 Å². The summed E-state index contributed by atoms with van der Waals surface area (Å²) in [7, 11) is 0. The predicted molar refractivity (Wildman–Crippen MR) is 63.1 cm³/mol. The van der Waals surface area contributed by atoms with Gasteiger partial charge in [-0.3, -0.25) is 4.79 Å². The van der Waals surface area contributed by atoms with Gasteiger partial charge in [0.05, 0.1) is 0 Å². The largest absolute Gasteiger partial charge is 0.488 e. The van der Waals surface area contributed by atoms with Gasteiger partial charge < -0.3 is 15.8 Å². The fourth-order valence-electron chi connectivity index (χ4n) is 1.33. The first-order valence-corrected chi connectivity index (χ1v) is 5.65. The van der Waals surface area contributed by atoms with E-state index in [-0.39, 0.29) is 12.4 Å². The number of carbonyl (C=O) groups is 1. The molecule has 0 aliphatic rings. The highest BCUT2D eigenvalue weighted by atomic mass is 19.2. The van der Waals surface area contributed by atoms with Gasteiger partial charge in [-0.2, -0.15) is 4.39 Å². The molecule has 18 heavy (non-hydrogen) atoms. The van der Waals surface area contributed by atoms with E-state index in [0.29, 0.717) is 6.54 Å². The molecule has 1 aromatic rings. The second-order valence-corrected chi connectivity index (χ2v) is 3.77. The molecule has 1 atom stereocenters. The van der Waals surface area contributed by atoms with Gasteiger partial charge in [-0.05, 0) is 25.1 Å². The molecule has 0 bridgehead atoms. The number of rotatable bonds is 7. The molecule has 0 aliphatic carbocycles. The van der Waals surface area contributed by atoms with Gasteiger partial charge in [-0.25, -0.2) is 4.39 Å². The highest BCUT2D eigenvalue weighted by Gasteiger charge is 2.16. The highest BCUT2D eigenvalue weighted by molar-refractivity contribution is 5.80. The monoisotopic (exact) mass is 258 g/mol. The summed E-state index contributed by atoms with van der Waals surface area (Å²) in [4.78, 5) is 11.1. The number of carbonyl (C=O) groups excluding carboxylic acids is 1. The van der Waals surface area contributed by atoms with Crippen molar-refractivity contribution in [3.8, 4) is 5.75 Å². The first-order valence-electron chi connectivity index (χ1n) is 5.65. The molecule has 0 fully saturated rings. The summed E-state index contributed by atoms with van der Waals surface area (Å²) < 4.78 is 31.2. The molecular formula is C12H16F2N2O2. The zero-order chi connectivity index (χ0) is 13.5. The van der Waals surface area contributed by atoms with Crippen LogP contribution in [0.25, 0.3) is 0 Å². The molecule has 0 heterocycles. The number of hydrogen-bond acceptors (Lipinski definition) is 3. The Morgan fingerprint density at radius 3 is 2.83 bits per heavy atom. The zero-order valence-electron chi connectivity index (χ0n) is 10.1. The van der Waals surface area contributed by atoms with Crippen molar-refractivity contribution >= 4 is 5.91 Å². The Balaban J connectivity index is 2.61. The Morgan fingerprint density at radius 1 is 1.50 bits per heavy atom. The van der Waals surface area contributed by atoms with E-state index in [4.69, 9.17) is 10.5 Å². The Labute approximate surface area is 104 Å². The second kappa shape index (κ2) is 6.90. The molecule has 6 heteroatoms. The van der Waals surface area contributed by atoms with Crippen molar-refractivity contribution in [2.24, 2.45) is 5.73 Å². The molecule has 3 N–H and O–H groups in total. The minimum atomic E-state index is -1.07. The second-order valence-electron chi connectivity index (χ2n) is 3.77. The van der Waals surface area contributed by atoms with Crippen molar-refractivity contribution in [2.45, 2.75) is 19.4 Å². The van der Waals surface area contributed by atoms with Crippen molar-refractivity contribution in [3.05, 3.63) is 29.8 Å². The molecule has 100 valence electrons. The van der Waals surface area contributed by atoms with Crippen molar-refractivity contribution in [3.63, 3.8) is 0 Å². The molecule has 0 saturated heterocycles. The molecule has 0 spiro atoms. The molecule has 0 radical (unpaired) electrons. The van der Waals surface area contributed by atoms with Gasteiger partial charge in [0.25, 0.3) is 0 Å². The van der Waals surface area contributed by atoms with E-state index in [1.807, 2.05) is 6.92 Å². The maximum atomic E-state index is 13.3. The van der Waals surface area contributed by atoms with Crippen LogP contribution in [0, 0.1) is 11.6 Å². The average molecular weight is 258 g/mol. The van der Waals surface area contributed by atoms with Crippen molar-refractivity contribution in [2.75, 3.05) is 13.2 Å². The summed E-state index contributed by atoms with van der Waals surface area (Å²) in [5, 5.41) is 2.86. The lowest BCUT2D eigenvalue weighted by Gasteiger charge is -2.16. The van der Waals surface area contributed by atoms with E-state index >= 15 is 0 Å². The zero-order valence-corrected chi connectivity index (χ0v) is 10.1. The Morgan fingerprint density at radius 2 is 2.22 bits per heavy atom. The van der Waals surface area contributed by atoms with Gasteiger partial charge in [0.1, 0.15) is 12.6 Å². The van der Waals surface area contributed by atoms with Crippen LogP contribution in [0.15, 0.2) is 18.2 Å². The molecular weight excluding hydrogens is 242 g/mol. The lowest BCUT2D eigenvalue weighted by molar-refractivity contribution is -0.120. The summed E-state index contributed by atoms with van der Waals surface area (Å²) in [5.41, 5.74) is 5.16. The Kier molecular flexibility index (Phi) is 5.51. The van der Waals surface area contributed by atoms with E-state index in [0.717, 1.165) is 12.5 Å². The standard InChI is InChI=1S/C12H16F2N2O2/c1-2-6-16-9(12(15)17)7-18-10-5-3-4-8(13)11(10)14/h3-5,9,16H,2,6-7H2,1H3,(H2,15,17). The molecule has 0 saturated carbocycles. The van der Waals surface area contributed by atoms with Gasteiger partial charge >= 0.3 is 0 Å².